The molecule has 0 aliphatic carbocycles. The van der Waals surface area contributed by atoms with E-state index >= 15 is 0 Å². The number of hydrogen-bond acceptors (Lipinski definition) is 8. The Morgan fingerprint density at radius 2 is 2.11 bits per heavy atom. The van der Waals surface area contributed by atoms with Crippen molar-refractivity contribution in [2.24, 2.45) is 5.41 Å². The summed E-state index contributed by atoms with van der Waals surface area (Å²) in [6.45, 7) is 10.2. The van der Waals surface area contributed by atoms with Crippen LogP contribution in [0.2, 0.25) is 0 Å². The van der Waals surface area contributed by atoms with Crippen LogP contribution < -0.4 is 15.0 Å². The Labute approximate surface area is 223 Å². The number of carboxylic acid groups (broad SMARTS) is 1. The minimum absolute atomic E-state index is 0.0333. The van der Waals surface area contributed by atoms with Crippen molar-refractivity contribution in [2.45, 2.75) is 66.0 Å². The summed E-state index contributed by atoms with van der Waals surface area (Å²) in [6, 6.07) is 13.9. The molecule has 9 nitrogen and oxygen atoms in total. The number of ether oxygens (including phenoxy) is 1. The molecule has 1 aromatic heterocycles. The van der Waals surface area contributed by atoms with Crippen molar-refractivity contribution in [3.63, 3.8) is 0 Å². The van der Waals surface area contributed by atoms with Crippen molar-refractivity contribution in [1.29, 1.82) is 5.26 Å². The summed E-state index contributed by atoms with van der Waals surface area (Å²) in [5, 5.41) is 26.2. The summed E-state index contributed by atoms with van der Waals surface area (Å²) in [4.78, 5) is 17.6. The lowest BCUT2D eigenvalue weighted by Crippen LogP contribution is -2.30. The van der Waals surface area contributed by atoms with E-state index in [-0.39, 0.29) is 17.9 Å². The van der Waals surface area contributed by atoms with Crippen LogP contribution in [0.25, 0.3) is 11.5 Å². The van der Waals surface area contributed by atoms with Gasteiger partial charge in [-0.05, 0) is 79.1 Å². The van der Waals surface area contributed by atoms with E-state index in [0.29, 0.717) is 41.7 Å². The molecule has 0 fully saturated rings. The molecule has 0 bridgehead atoms. The van der Waals surface area contributed by atoms with Gasteiger partial charge in [-0.3, -0.25) is 4.79 Å². The van der Waals surface area contributed by atoms with Crippen LogP contribution in [0.5, 0.6) is 5.75 Å². The molecule has 0 unspecified atom stereocenters. The van der Waals surface area contributed by atoms with Gasteiger partial charge < -0.3 is 24.6 Å². The zero-order valence-electron chi connectivity index (χ0n) is 22.5. The van der Waals surface area contributed by atoms with E-state index in [2.05, 4.69) is 58.5 Å². The highest BCUT2D eigenvalue weighted by molar-refractivity contribution is 5.67. The van der Waals surface area contributed by atoms with Crippen LogP contribution in [0.4, 0.5) is 11.6 Å². The molecule has 200 valence electrons. The summed E-state index contributed by atoms with van der Waals surface area (Å²) in [6.07, 6.45) is 2.72. The second-order valence-corrected chi connectivity index (χ2v) is 10.8. The molecule has 38 heavy (non-hydrogen) atoms. The average molecular weight is 518 g/mol. The van der Waals surface area contributed by atoms with Gasteiger partial charge in [0, 0.05) is 37.3 Å². The van der Waals surface area contributed by atoms with E-state index in [1.807, 2.05) is 19.9 Å². The van der Waals surface area contributed by atoms with E-state index < -0.39 is 5.97 Å². The van der Waals surface area contributed by atoms with Gasteiger partial charge in [0.2, 0.25) is 0 Å². The summed E-state index contributed by atoms with van der Waals surface area (Å²) < 4.78 is 11.3. The standard InChI is InChI=1S/C29H35N5O4/c1-19(2)37-25-10-8-22(15-23(25)16-30)27-32-28(33-38-27)34-13-5-6-21-14-20(7-9-24(21)34)17-31-18-29(3,4)12-11-26(35)36/h7-10,14-15,19,31H,5-6,11-13,17-18H2,1-4H3,(H,35,36). The Bertz CT molecular complexity index is 1320. The smallest absolute Gasteiger partial charge is 0.303 e. The van der Waals surface area contributed by atoms with E-state index in [9.17, 15) is 10.1 Å². The van der Waals surface area contributed by atoms with Gasteiger partial charge in [0.1, 0.15) is 11.8 Å². The molecular weight excluding hydrogens is 482 g/mol. The summed E-state index contributed by atoms with van der Waals surface area (Å²) in [5.74, 6) is 0.622. The Hall–Kier alpha value is -3.90. The predicted molar refractivity (Wildman–Crippen MR) is 144 cm³/mol. The van der Waals surface area contributed by atoms with Crippen LogP contribution >= 0.6 is 0 Å². The number of aromatic nitrogens is 2. The predicted octanol–water partition coefficient (Wildman–Crippen LogP) is 5.46. The van der Waals surface area contributed by atoms with Gasteiger partial charge in [0.25, 0.3) is 11.8 Å². The van der Waals surface area contributed by atoms with Gasteiger partial charge in [-0.25, -0.2) is 0 Å². The Balaban J connectivity index is 1.45. The van der Waals surface area contributed by atoms with Gasteiger partial charge in [-0.2, -0.15) is 10.2 Å². The highest BCUT2D eigenvalue weighted by Gasteiger charge is 2.24. The average Bonchev–Trinajstić information content (AvgIpc) is 3.37. The second-order valence-electron chi connectivity index (χ2n) is 10.8. The molecule has 0 atom stereocenters. The molecule has 0 saturated heterocycles. The van der Waals surface area contributed by atoms with Crippen LogP contribution in [0.3, 0.4) is 0 Å². The number of nitrogens with one attached hydrogen (secondary N) is 1. The van der Waals surface area contributed by atoms with E-state index in [1.54, 1.807) is 12.1 Å². The second kappa shape index (κ2) is 11.7. The normalized spacial score (nSPS) is 13.3. The number of aryl methyl sites for hydroxylation is 1. The lowest BCUT2D eigenvalue weighted by atomic mass is 9.87. The van der Waals surface area contributed by atoms with E-state index in [4.69, 9.17) is 14.4 Å². The number of fused-ring (bicyclic) bond motifs is 1. The van der Waals surface area contributed by atoms with Crippen LogP contribution in [0.1, 0.15) is 63.6 Å². The molecule has 0 amide bonds. The highest BCUT2D eigenvalue weighted by Crippen LogP contribution is 2.34. The third kappa shape index (κ3) is 6.69. The fraction of sp³-hybridized carbons (Fsp3) is 0.448. The minimum atomic E-state index is -0.757. The number of nitrogens with zero attached hydrogens (tertiary/aromatic N) is 4. The van der Waals surface area contributed by atoms with Crippen molar-refractivity contribution in [2.75, 3.05) is 18.0 Å². The quantitative estimate of drug-likeness (QED) is 0.341. The van der Waals surface area contributed by atoms with E-state index in [0.717, 1.165) is 31.6 Å². The lowest BCUT2D eigenvalue weighted by molar-refractivity contribution is -0.137. The number of aliphatic carboxylic acids is 1. The number of anilines is 2. The molecule has 1 aliphatic rings. The van der Waals surface area contributed by atoms with Crippen LogP contribution in [0, 0.1) is 16.7 Å². The van der Waals surface area contributed by atoms with Crippen molar-refractivity contribution in [3.05, 3.63) is 53.1 Å². The molecule has 9 heteroatoms. The topological polar surface area (TPSA) is 125 Å². The monoisotopic (exact) mass is 517 g/mol. The fourth-order valence-electron chi connectivity index (χ4n) is 4.60. The van der Waals surface area contributed by atoms with Gasteiger partial charge in [-0.1, -0.05) is 26.0 Å². The zero-order chi connectivity index (χ0) is 27.3. The fourth-order valence-corrected chi connectivity index (χ4v) is 4.60. The van der Waals surface area contributed by atoms with Crippen LogP contribution in [-0.4, -0.2) is 40.4 Å². The first kappa shape index (κ1) is 27.1. The molecule has 2 heterocycles. The van der Waals surface area contributed by atoms with E-state index in [1.165, 1.54) is 11.1 Å². The number of nitriles is 1. The molecule has 0 radical (unpaired) electrons. The Kier molecular flexibility index (Phi) is 8.32. The number of benzene rings is 2. The summed E-state index contributed by atoms with van der Waals surface area (Å²) in [7, 11) is 0. The largest absolute Gasteiger partial charge is 0.490 e. The van der Waals surface area contributed by atoms with Gasteiger partial charge in [-0.15, -0.1) is 0 Å². The van der Waals surface area contributed by atoms with Gasteiger partial charge >= 0.3 is 5.97 Å². The maximum Gasteiger partial charge on any atom is 0.303 e. The Morgan fingerprint density at radius 1 is 1.29 bits per heavy atom. The molecule has 0 spiro atoms. The van der Waals surface area contributed by atoms with Crippen molar-refractivity contribution in [1.82, 2.24) is 15.5 Å². The number of carboxylic acids is 1. The maximum atomic E-state index is 10.9. The lowest BCUT2D eigenvalue weighted by Gasteiger charge is -2.29. The molecule has 2 N–H and O–H groups in total. The zero-order valence-corrected chi connectivity index (χ0v) is 22.5. The molecule has 4 rings (SSSR count). The number of hydrogen-bond donors (Lipinski definition) is 2. The molecule has 0 saturated carbocycles. The maximum absolute atomic E-state index is 10.9. The molecule has 3 aromatic rings. The van der Waals surface area contributed by atoms with Crippen LogP contribution in [0.15, 0.2) is 40.9 Å². The first-order chi connectivity index (χ1) is 18.1. The van der Waals surface area contributed by atoms with Crippen molar-refractivity contribution in [3.8, 4) is 23.3 Å². The third-order valence-electron chi connectivity index (χ3n) is 6.58. The number of rotatable bonds is 11. The SMILES string of the molecule is CC(C)Oc1ccc(-c2nc(N3CCCc4cc(CNCC(C)(C)CCC(=O)O)ccc43)no2)cc1C#N. The summed E-state index contributed by atoms with van der Waals surface area (Å²) >= 11 is 0. The molecular formula is C29H35N5O4. The first-order valence-corrected chi connectivity index (χ1v) is 13.0. The molecule has 2 aromatic carbocycles. The minimum Gasteiger partial charge on any atom is -0.490 e. The first-order valence-electron chi connectivity index (χ1n) is 13.0. The van der Waals surface area contributed by atoms with Crippen molar-refractivity contribution >= 4 is 17.6 Å². The van der Waals surface area contributed by atoms with Crippen molar-refractivity contribution < 1.29 is 19.2 Å². The summed E-state index contributed by atoms with van der Waals surface area (Å²) in [5.41, 5.74) is 4.48. The van der Waals surface area contributed by atoms with Gasteiger partial charge in [0.05, 0.1) is 11.7 Å². The number of carbonyl (C=O) groups is 1. The van der Waals surface area contributed by atoms with Gasteiger partial charge in [0.15, 0.2) is 0 Å². The Morgan fingerprint density at radius 3 is 2.84 bits per heavy atom. The molecule has 1 aliphatic heterocycles. The third-order valence-corrected chi connectivity index (χ3v) is 6.58. The van der Waals surface area contributed by atoms with Crippen LogP contribution in [-0.2, 0) is 17.8 Å². The highest BCUT2D eigenvalue weighted by atomic mass is 16.5.